The van der Waals surface area contributed by atoms with E-state index in [-0.39, 0.29) is 16.3 Å². The SMILES string of the molecule is CC(=O)Nc1cc(CC(=O)O)c([N+](=O)[O-])cc1Cl. The summed E-state index contributed by atoms with van der Waals surface area (Å²) in [5, 5.41) is 21.8. The summed E-state index contributed by atoms with van der Waals surface area (Å²) in [6.07, 6.45) is -0.528. The standard InChI is InChI=1S/C10H9ClN2O5/c1-5(14)12-8-2-6(3-10(15)16)9(13(17)18)4-7(8)11/h2,4H,3H2,1H3,(H,12,14)(H,15,16). The number of carboxylic acids is 1. The number of hydrogen-bond donors (Lipinski definition) is 2. The fourth-order valence-electron chi connectivity index (χ4n) is 1.37. The highest BCUT2D eigenvalue weighted by Gasteiger charge is 2.19. The molecule has 0 saturated carbocycles. The van der Waals surface area contributed by atoms with E-state index in [1.165, 1.54) is 13.0 Å². The van der Waals surface area contributed by atoms with Crippen LogP contribution in [0.4, 0.5) is 11.4 Å². The molecule has 1 amide bonds. The van der Waals surface area contributed by atoms with Crippen LogP contribution in [0.1, 0.15) is 12.5 Å². The van der Waals surface area contributed by atoms with Gasteiger partial charge in [-0.1, -0.05) is 11.6 Å². The summed E-state index contributed by atoms with van der Waals surface area (Å²) >= 11 is 5.76. The number of nitrogens with one attached hydrogen (secondary N) is 1. The monoisotopic (exact) mass is 272 g/mol. The second-order valence-corrected chi connectivity index (χ2v) is 3.88. The molecule has 1 rings (SSSR count). The smallest absolute Gasteiger partial charge is 0.308 e. The highest BCUT2D eigenvalue weighted by atomic mass is 35.5. The van der Waals surface area contributed by atoms with E-state index in [0.29, 0.717) is 0 Å². The number of carbonyl (C=O) groups is 2. The van der Waals surface area contributed by atoms with Crippen molar-refractivity contribution in [3.63, 3.8) is 0 Å². The predicted octanol–water partition coefficient (Wildman–Crippen LogP) is 1.83. The van der Waals surface area contributed by atoms with Crippen molar-refractivity contribution in [3.8, 4) is 0 Å². The Kier molecular flexibility index (Phi) is 4.22. The van der Waals surface area contributed by atoms with Crippen molar-refractivity contribution >= 4 is 34.9 Å². The lowest BCUT2D eigenvalue weighted by atomic mass is 10.1. The first-order valence-corrected chi connectivity index (χ1v) is 5.15. The number of carboxylic acid groups (broad SMARTS) is 1. The van der Waals surface area contributed by atoms with E-state index >= 15 is 0 Å². The van der Waals surface area contributed by atoms with Crippen molar-refractivity contribution in [2.24, 2.45) is 0 Å². The maximum atomic E-state index is 10.9. The zero-order valence-corrected chi connectivity index (χ0v) is 10.0. The van der Waals surface area contributed by atoms with Gasteiger partial charge >= 0.3 is 5.97 Å². The van der Waals surface area contributed by atoms with Gasteiger partial charge in [0.2, 0.25) is 5.91 Å². The Labute approximate surface area is 107 Å². The Morgan fingerprint density at radius 3 is 2.56 bits per heavy atom. The van der Waals surface area contributed by atoms with Gasteiger partial charge in [0.05, 0.1) is 22.1 Å². The zero-order valence-electron chi connectivity index (χ0n) is 9.27. The van der Waals surface area contributed by atoms with Gasteiger partial charge in [0, 0.05) is 18.6 Å². The number of halogens is 1. The van der Waals surface area contributed by atoms with Gasteiger partial charge in [0.25, 0.3) is 5.69 Å². The Bertz CT molecular complexity index is 529. The Balaban J connectivity index is 3.30. The maximum Gasteiger partial charge on any atom is 0.308 e. The molecule has 0 atom stereocenters. The van der Waals surface area contributed by atoms with Crippen molar-refractivity contribution in [3.05, 3.63) is 32.8 Å². The molecule has 96 valence electrons. The summed E-state index contributed by atoms with van der Waals surface area (Å²) in [5.41, 5.74) is -0.275. The molecule has 0 radical (unpaired) electrons. The normalized spacial score (nSPS) is 9.89. The lowest BCUT2D eigenvalue weighted by molar-refractivity contribution is -0.385. The third-order valence-electron chi connectivity index (χ3n) is 2.02. The molecule has 0 aliphatic heterocycles. The second-order valence-electron chi connectivity index (χ2n) is 3.47. The van der Waals surface area contributed by atoms with Crippen LogP contribution in [0.3, 0.4) is 0 Å². The molecule has 7 nitrogen and oxygen atoms in total. The molecule has 0 bridgehead atoms. The molecule has 1 aromatic carbocycles. The number of nitro benzene ring substituents is 1. The summed E-state index contributed by atoms with van der Waals surface area (Å²) in [6.45, 7) is 1.24. The van der Waals surface area contributed by atoms with Crippen LogP contribution in [0.2, 0.25) is 5.02 Å². The number of hydrogen-bond acceptors (Lipinski definition) is 4. The van der Waals surface area contributed by atoms with Crippen molar-refractivity contribution in [2.75, 3.05) is 5.32 Å². The number of nitrogens with zero attached hydrogens (tertiary/aromatic N) is 1. The average molecular weight is 273 g/mol. The summed E-state index contributed by atoms with van der Waals surface area (Å²) in [6, 6.07) is 2.21. The molecular formula is C10H9ClN2O5. The number of aliphatic carboxylic acids is 1. The van der Waals surface area contributed by atoms with Crippen LogP contribution in [0, 0.1) is 10.1 Å². The van der Waals surface area contributed by atoms with E-state index in [1.54, 1.807) is 0 Å². The first kappa shape index (κ1) is 13.9. The predicted molar refractivity (Wildman–Crippen MR) is 63.7 cm³/mol. The zero-order chi connectivity index (χ0) is 13.9. The van der Waals surface area contributed by atoms with Crippen LogP contribution in [-0.2, 0) is 16.0 Å². The van der Waals surface area contributed by atoms with Crippen molar-refractivity contribution < 1.29 is 19.6 Å². The number of carbonyl (C=O) groups excluding carboxylic acids is 1. The van der Waals surface area contributed by atoms with Gasteiger partial charge in [-0.25, -0.2) is 0 Å². The van der Waals surface area contributed by atoms with E-state index in [4.69, 9.17) is 16.7 Å². The minimum atomic E-state index is -1.21. The van der Waals surface area contributed by atoms with Crippen LogP contribution >= 0.6 is 11.6 Å². The number of benzene rings is 1. The van der Waals surface area contributed by atoms with E-state index < -0.39 is 28.9 Å². The fourth-order valence-corrected chi connectivity index (χ4v) is 1.57. The highest BCUT2D eigenvalue weighted by Crippen LogP contribution is 2.31. The molecule has 2 N–H and O–H groups in total. The molecule has 18 heavy (non-hydrogen) atoms. The van der Waals surface area contributed by atoms with E-state index in [2.05, 4.69) is 5.32 Å². The molecule has 0 fully saturated rings. The van der Waals surface area contributed by atoms with Gasteiger partial charge in [-0.15, -0.1) is 0 Å². The van der Waals surface area contributed by atoms with E-state index in [0.717, 1.165) is 6.07 Å². The lowest BCUT2D eigenvalue weighted by Crippen LogP contribution is -2.09. The first-order chi connectivity index (χ1) is 8.31. The molecule has 0 heterocycles. The fraction of sp³-hybridized carbons (Fsp3) is 0.200. The largest absolute Gasteiger partial charge is 0.481 e. The Morgan fingerprint density at radius 2 is 2.11 bits per heavy atom. The van der Waals surface area contributed by atoms with Crippen LogP contribution < -0.4 is 5.32 Å². The van der Waals surface area contributed by atoms with Crippen LogP contribution in [0.5, 0.6) is 0 Å². The van der Waals surface area contributed by atoms with Crippen LogP contribution in [0.15, 0.2) is 12.1 Å². The summed E-state index contributed by atoms with van der Waals surface area (Å²) in [5.74, 6) is -1.62. The molecule has 1 aromatic rings. The third-order valence-corrected chi connectivity index (χ3v) is 2.33. The molecule has 0 aliphatic carbocycles. The van der Waals surface area contributed by atoms with Crippen molar-refractivity contribution in [1.29, 1.82) is 0 Å². The van der Waals surface area contributed by atoms with Gasteiger partial charge in [0.15, 0.2) is 0 Å². The van der Waals surface area contributed by atoms with Gasteiger partial charge < -0.3 is 10.4 Å². The molecule has 0 unspecified atom stereocenters. The topological polar surface area (TPSA) is 110 Å². The van der Waals surface area contributed by atoms with Gasteiger partial charge in [0.1, 0.15) is 0 Å². The molecule has 0 aliphatic rings. The molecule has 0 saturated heterocycles. The number of rotatable bonds is 4. The van der Waals surface area contributed by atoms with E-state index in [9.17, 15) is 19.7 Å². The van der Waals surface area contributed by atoms with E-state index in [1.807, 2.05) is 0 Å². The van der Waals surface area contributed by atoms with Gasteiger partial charge in [-0.05, 0) is 6.07 Å². The molecule has 8 heteroatoms. The highest BCUT2D eigenvalue weighted by molar-refractivity contribution is 6.34. The summed E-state index contributed by atoms with van der Waals surface area (Å²) in [7, 11) is 0. The third kappa shape index (κ3) is 3.42. The second kappa shape index (κ2) is 5.46. The summed E-state index contributed by atoms with van der Waals surface area (Å²) < 4.78 is 0. The molecule has 0 aromatic heterocycles. The van der Waals surface area contributed by atoms with Crippen molar-refractivity contribution in [1.82, 2.24) is 0 Å². The molecule has 0 spiro atoms. The molecular weight excluding hydrogens is 264 g/mol. The van der Waals surface area contributed by atoms with Gasteiger partial charge in [-0.3, -0.25) is 19.7 Å². The number of anilines is 1. The number of nitro groups is 1. The summed E-state index contributed by atoms with van der Waals surface area (Å²) in [4.78, 5) is 31.6. The minimum Gasteiger partial charge on any atom is -0.481 e. The average Bonchev–Trinajstić information content (AvgIpc) is 2.20. The quantitative estimate of drug-likeness (QED) is 0.642. The van der Waals surface area contributed by atoms with Crippen molar-refractivity contribution in [2.45, 2.75) is 13.3 Å². The van der Waals surface area contributed by atoms with Gasteiger partial charge in [-0.2, -0.15) is 0 Å². The first-order valence-electron chi connectivity index (χ1n) is 4.77. The minimum absolute atomic E-state index is 0.0222. The number of amides is 1. The lowest BCUT2D eigenvalue weighted by Gasteiger charge is -2.07. The maximum absolute atomic E-state index is 10.9. The Hall–Kier alpha value is -2.15. The van der Waals surface area contributed by atoms with Crippen LogP contribution in [0.25, 0.3) is 0 Å². The van der Waals surface area contributed by atoms with Crippen LogP contribution in [-0.4, -0.2) is 21.9 Å². The Morgan fingerprint density at radius 1 is 1.50 bits per heavy atom.